The molecule has 4 heterocycles. The Kier molecular flexibility index (Phi) is 5.95. The molecule has 0 unspecified atom stereocenters. The average Bonchev–Trinajstić information content (AvgIpc) is 3.19. The second-order valence-corrected chi connectivity index (χ2v) is 9.25. The monoisotopic (exact) mass is 440 g/mol. The molecule has 2 N–H and O–H groups in total. The summed E-state index contributed by atoms with van der Waals surface area (Å²) < 4.78 is 18.4. The van der Waals surface area contributed by atoms with E-state index in [1.807, 2.05) is 12.3 Å². The number of piperidine rings is 1. The number of anilines is 2. The molecule has 1 aromatic carbocycles. The fourth-order valence-electron chi connectivity index (χ4n) is 4.12. The number of rotatable bonds is 6. The number of benzene rings is 1. The number of nitrogens with one attached hydrogen (secondary N) is 1. The van der Waals surface area contributed by atoms with Gasteiger partial charge in [0.05, 0.1) is 30.2 Å². The third-order valence-electron chi connectivity index (χ3n) is 6.08. The number of nitrogens with zero attached hydrogens (tertiary/aromatic N) is 3. The lowest BCUT2D eigenvalue weighted by Gasteiger charge is -2.43. The Bertz CT molecular complexity index is 1010. The zero-order chi connectivity index (χ0) is 21.2. The third-order valence-corrected chi connectivity index (χ3v) is 7.04. The molecule has 5 rings (SSSR count). The Morgan fingerprint density at radius 3 is 2.65 bits per heavy atom. The van der Waals surface area contributed by atoms with Crippen LogP contribution in [0.1, 0.15) is 12.0 Å². The van der Waals surface area contributed by atoms with Crippen molar-refractivity contribution in [3.05, 3.63) is 60.2 Å². The van der Waals surface area contributed by atoms with E-state index in [1.54, 1.807) is 18.3 Å². The molecular weight excluding hydrogens is 415 g/mol. The standard InChI is InChI=1S/C23H25FN4O2S/c24-18-4-2-16(3-5-18)21-11-26-23(31-21)27-22-6-1-15(10-25-22)9-17-7-8-28(12-20(17)29)19-13-30-14-19/h1-6,10-11,17,19-20,29H,7-9,12-14H2,(H,25,26,27)/t17-,20-/m0/s1. The predicted molar refractivity (Wildman–Crippen MR) is 119 cm³/mol. The Labute approximate surface area is 184 Å². The maximum absolute atomic E-state index is 13.1. The van der Waals surface area contributed by atoms with Gasteiger partial charge in [0.25, 0.3) is 0 Å². The van der Waals surface area contributed by atoms with E-state index in [4.69, 9.17) is 4.74 Å². The van der Waals surface area contributed by atoms with Crippen molar-refractivity contribution < 1.29 is 14.2 Å². The minimum absolute atomic E-state index is 0.248. The van der Waals surface area contributed by atoms with Crippen LogP contribution in [-0.2, 0) is 11.2 Å². The molecule has 8 heteroatoms. The van der Waals surface area contributed by atoms with Crippen molar-refractivity contribution in [3.63, 3.8) is 0 Å². The number of aliphatic hydroxyl groups is 1. The molecule has 0 bridgehead atoms. The molecule has 3 aromatic rings. The molecule has 0 spiro atoms. The summed E-state index contributed by atoms with van der Waals surface area (Å²) >= 11 is 1.50. The largest absolute Gasteiger partial charge is 0.391 e. The van der Waals surface area contributed by atoms with E-state index >= 15 is 0 Å². The van der Waals surface area contributed by atoms with Crippen LogP contribution in [0.15, 0.2) is 48.8 Å². The number of β-amino-alcohol motifs (C(OH)–C–C–N with tert-alkyl or cyclic N) is 1. The molecular formula is C23H25FN4O2S. The Balaban J connectivity index is 1.16. The first kappa shape index (κ1) is 20.5. The van der Waals surface area contributed by atoms with Gasteiger partial charge >= 0.3 is 0 Å². The van der Waals surface area contributed by atoms with Crippen LogP contribution in [0.2, 0.25) is 0 Å². The second-order valence-electron chi connectivity index (χ2n) is 8.22. The molecule has 162 valence electrons. The van der Waals surface area contributed by atoms with E-state index in [9.17, 15) is 9.50 Å². The van der Waals surface area contributed by atoms with Gasteiger partial charge in [-0.15, -0.1) is 0 Å². The summed E-state index contributed by atoms with van der Waals surface area (Å²) in [6.07, 6.45) is 5.15. The van der Waals surface area contributed by atoms with Crippen molar-refractivity contribution in [1.82, 2.24) is 14.9 Å². The summed E-state index contributed by atoms with van der Waals surface area (Å²) in [5.41, 5.74) is 2.06. The van der Waals surface area contributed by atoms with Gasteiger partial charge in [-0.3, -0.25) is 4.90 Å². The van der Waals surface area contributed by atoms with E-state index in [0.717, 1.165) is 66.1 Å². The van der Waals surface area contributed by atoms with Crippen LogP contribution in [0.25, 0.3) is 10.4 Å². The highest BCUT2D eigenvalue weighted by molar-refractivity contribution is 7.18. The smallest absolute Gasteiger partial charge is 0.188 e. The first-order valence-corrected chi connectivity index (χ1v) is 11.4. The first-order valence-electron chi connectivity index (χ1n) is 10.6. The molecule has 6 nitrogen and oxygen atoms in total. The Hall–Kier alpha value is -2.39. The van der Waals surface area contributed by atoms with E-state index in [1.165, 1.54) is 23.5 Å². The fraction of sp³-hybridized carbons (Fsp3) is 0.391. The number of likely N-dealkylation sites (tertiary alicyclic amines) is 1. The number of thiazole rings is 1. The van der Waals surface area contributed by atoms with Gasteiger partial charge in [0.15, 0.2) is 5.13 Å². The summed E-state index contributed by atoms with van der Waals surface area (Å²) in [5, 5.41) is 14.6. The van der Waals surface area contributed by atoms with Gasteiger partial charge in [0, 0.05) is 18.9 Å². The lowest BCUT2D eigenvalue weighted by molar-refractivity contribution is -0.0954. The topological polar surface area (TPSA) is 70.5 Å². The Morgan fingerprint density at radius 2 is 1.97 bits per heavy atom. The van der Waals surface area contributed by atoms with Crippen molar-refractivity contribution in [2.45, 2.75) is 25.0 Å². The van der Waals surface area contributed by atoms with Gasteiger partial charge in [0.2, 0.25) is 0 Å². The van der Waals surface area contributed by atoms with Gasteiger partial charge in [-0.2, -0.15) is 0 Å². The number of pyridine rings is 1. The lowest BCUT2D eigenvalue weighted by Crippen LogP contribution is -2.55. The lowest BCUT2D eigenvalue weighted by atomic mass is 9.87. The normalized spacial score (nSPS) is 22.3. The highest BCUT2D eigenvalue weighted by Crippen LogP contribution is 2.31. The van der Waals surface area contributed by atoms with Crippen LogP contribution in [0, 0.1) is 11.7 Å². The zero-order valence-corrected chi connectivity index (χ0v) is 17.9. The van der Waals surface area contributed by atoms with Gasteiger partial charge in [0.1, 0.15) is 11.6 Å². The quantitative estimate of drug-likeness (QED) is 0.609. The summed E-state index contributed by atoms with van der Waals surface area (Å²) in [7, 11) is 0. The van der Waals surface area contributed by atoms with E-state index in [-0.39, 0.29) is 17.8 Å². The number of halogens is 1. The van der Waals surface area contributed by atoms with Crippen LogP contribution in [0.5, 0.6) is 0 Å². The minimum atomic E-state index is -0.313. The minimum Gasteiger partial charge on any atom is -0.391 e. The van der Waals surface area contributed by atoms with E-state index < -0.39 is 0 Å². The Morgan fingerprint density at radius 1 is 1.13 bits per heavy atom. The molecule has 2 aliphatic rings. The molecule has 2 atom stereocenters. The molecule has 0 amide bonds. The molecule has 0 aliphatic carbocycles. The van der Waals surface area contributed by atoms with Crippen molar-refractivity contribution in [3.8, 4) is 10.4 Å². The number of hydrogen-bond donors (Lipinski definition) is 2. The van der Waals surface area contributed by atoms with Crippen molar-refractivity contribution in [1.29, 1.82) is 0 Å². The van der Waals surface area contributed by atoms with Crippen molar-refractivity contribution >= 4 is 22.3 Å². The summed E-state index contributed by atoms with van der Waals surface area (Å²) in [6, 6.07) is 10.9. The highest BCUT2D eigenvalue weighted by Gasteiger charge is 2.34. The SMILES string of the molecule is O[C@H]1CN(C2COC2)CC[C@H]1Cc1ccc(Nc2ncc(-c3ccc(F)cc3)s2)nc1. The van der Waals surface area contributed by atoms with Gasteiger partial charge in [-0.05, 0) is 54.6 Å². The van der Waals surface area contributed by atoms with Crippen LogP contribution in [0.4, 0.5) is 15.3 Å². The van der Waals surface area contributed by atoms with Crippen LogP contribution in [0.3, 0.4) is 0 Å². The van der Waals surface area contributed by atoms with Gasteiger partial charge in [-0.1, -0.05) is 29.5 Å². The molecule has 2 aliphatic heterocycles. The van der Waals surface area contributed by atoms with E-state index in [2.05, 4.69) is 26.3 Å². The molecule has 0 saturated carbocycles. The molecule has 2 aromatic heterocycles. The van der Waals surface area contributed by atoms with Crippen LogP contribution >= 0.6 is 11.3 Å². The number of ether oxygens (including phenoxy) is 1. The van der Waals surface area contributed by atoms with E-state index in [0.29, 0.717) is 6.04 Å². The van der Waals surface area contributed by atoms with Crippen molar-refractivity contribution in [2.24, 2.45) is 5.92 Å². The zero-order valence-electron chi connectivity index (χ0n) is 17.1. The predicted octanol–water partition coefficient (Wildman–Crippen LogP) is 3.71. The first-order chi connectivity index (χ1) is 15.1. The molecule has 2 saturated heterocycles. The van der Waals surface area contributed by atoms with Crippen molar-refractivity contribution in [2.75, 3.05) is 31.6 Å². The molecule has 2 fully saturated rings. The summed E-state index contributed by atoms with van der Waals surface area (Å²) in [6.45, 7) is 3.33. The maximum atomic E-state index is 13.1. The second kappa shape index (κ2) is 9.00. The highest BCUT2D eigenvalue weighted by atomic mass is 32.1. The number of aromatic nitrogens is 2. The average molecular weight is 441 g/mol. The molecule has 0 radical (unpaired) electrons. The number of aliphatic hydroxyl groups excluding tert-OH is 1. The van der Waals surface area contributed by atoms with Crippen LogP contribution in [-0.4, -0.2) is 58.4 Å². The molecule has 31 heavy (non-hydrogen) atoms. The maximum Gasteiger partial charge on any atom is 0.188 e. The fourth-order valence-corrected chi connectivity index (χ4v) is 4.95. The van der Waals surface area contributed by atoms with Gasteiger partial charge in [-0.25, -0.2) is 14.4 Å². The number of hydrogen-bond acceptors (Lipinski definition) is 7. The summed E-state index contributed by atoms with van der Waals surface area (Å²) in [4.78, 5) is 12.2. The van der Waals surface area contributed by atoms with Crippen LogP contribution < -0.4 is 5.32 Å². The summed E-state index contributed by atoms with van der Waals surface area (Å²) in [5.74, 6) is 0.737. The third kappa shape index (κ3) is 4.77. The van der Waals surface area contributed by atoms with Gasteiger partial charge < -0.3 is 15.2 Å².